The second-order valence-electron chi connectivity index (χ2n) is 27.1. The predicted octanol–water partition coefficient (Wildman–Crippen LogP) is 12.4. The van der Waals surface area contributed by atoms with E-state index in [1.54, 1.807) is 13.8 Å². The summed E-state index contributed by atoms with van der Waals surface area (Å²) < 4.78 is 168. The molecule has 4 saturated heterocycles. The molecule has 4 aliphatic rings. The number of nitrogens with zero attached hydrogens (tertiary/aromatic N) is 4. The van der Waals surface area contributed by atoms with E-state index in [0.717, 1.165) is 0 Å². The fraction of sp³-hybridized carbons (Fsp3) is 0.333. The van der Waals surface area contributed by atoms with Gasteiger partial charge in [0.1, 0.15) is 23.0 Å². The van der Waals surface area contributed by atoms with Gasteiger partial charge in [-0.05, 0) is 115 Å². The zero-order valence-electron chi connectivity index (χ0n) is 64.4. The normalized spacial score (nSPS) is 31.1. The maximum atomic E-state index is 12.9. The number of aromatic nitrogens is 4. The summed E-state index contributed by atoms with van der Waals surface area (Å²) in [5.41, 5.74) is 1.15. The lowest BCUT2D eigenvalue weighted by Gasteiger charge is -2.41. The lowest BCUT2D eigenvalue weighted by molar-refractivity contribution is -0.136. The lowest BCUT2D eigenvalue weighted by Crippen LogP contribution is -2.38. The van der Waals surface area contributed by atoms with Crippen molar-refractivity contribution in [1.82, 2.24) is 19.9 Å². The summed E-state index contributed by atoms with van der Waals surface area (Å²) in [6, 6.07) is 33.9. The molecule has 0 spiro atoms. The van der Waals surface area contributed by atoms with E-state index in [2.05, 4.69) is 24.7 Å². The van der Waals surface area contributed by atoms with Crippen LogP contribution < -0.4 is 18.9 Å². The van der Waals surface area contributed by atoms with Crippen molar-refractivity contribution in [1.29, 1.82) is 0 Å². The molecular formula is C72H84N4O37P8. The molecule has 0 amide bonds. The molecule has 4 aromatic carbocycles. The van der Waals surface area contributed by atoms with Gasteiger partial charge in [0.2, 0.25) is 25.2 Å². The molecule has 8 unspecified atom stereocenters. The van der Waals surface area contributed by atoms with Crippen LogP contribution >= 0.6 is 60.8 Å². The third kappa shape index (κ3) is 23.2. The molecular weight excluding hydrogens is 1760 g/mol. The van der Waals surface area contributed by atoms with Crippen molar-refractivity contribution in [2.75, 3.05) is 6.61 Å². The van der Waals surface area contributed by atoms with E-state index in [1.807, 2.05) is 20.8 Å². The molecule has 8 heterocycles. The Morgan fingerprint density at radius 3 is 1.02 bits per heavy atom. The third-order valence-electron chi connectivity index (χ3n) is 17.4. The van der Waals surface area contributed by atoms with Crippen LogP contribution in [-0.4, -0.2) is 131 Å². The minimum atomic E-state index is -5.13. The first-order valence-corrected chi connectivity index (χ1v) is 48.7. The van der Waals surface area contributed by atoms with Crippen molar-refractivity contribution < 1.29 is 175 Å². The van der Waals surface area contributed by atoms with Crippen molar-refractivity contribution in [2.24, 2.45) is 5.92 Å². The van der Waals surface area contributed by atoms with Crippen LogP contribution in [-0.2, 0) is 118 Å². The number of para-hydroxylation sites is 1. The molecule has 0 saturated carbocycles. The van der Waals surface area contributed by atoms with Gasteiger partial charge in [-0.1, -0.05) is 107 Å². The molecule has 4 fully saturated rings. The molecule has 4 aromatic heterocycles. The Morgan fingerprint density at radius 2 is 0.694 bits per heavy atom. The van der Waals surface area contributed by atoms with Crippen LogP contribution in [0.5, 0.6) is 23.0 Å². The fourth-order valence-electron chi connectivity index (χ4n) is 11.2. The summed E-state index contributed by atoms with van der Waals surface area (Å²) in [6.45, 7) is 9.08. The number of hydrogen-bond donors (Lipinski definition) is 12. The minimum Gasteiger partial charge on any atom is -0.434 e. The Hall–Kier alpha value is -7.80. The third-order valence-corrected chi connectivity index (χ3v) is 35.8. The van der Waals surface area contributed by atoms with Crippen molar-refractivity contribution in [3.05, 3.63) is 240 Å². The summed E-state index contributed by atoms with van der Waals surface area (Å²) >= 11 is 0. The monoisotopic (exact) mass is 1840 g/mol. The second kappa shape index (κ2) is 40.0. The number of rotatable bonds is 23. The van der Waals surface area contributed by atoms with E-state index in [9.17, 15) is 115 Å². The zero-order valence-corrected chi connectivity index (χ0v) is 71.5. The van der Waals surface area contributed by atoms with E-state index < -0.39 is 156 Å². The summed E-state index contributed by atoms with van der Waals surface area (Å²) in [5, 5.41) is 30.5. The molecule has 0 radical (unpaired) electrons. The summed E-state index contributed by atoms with van der Waals surface area (Å²) in [4.78, 5) is 145. The quantitative estimate of drug-likeness (QED) is 0.0122. The number of benzene rings is 4. The van der Waals surface area contributed by atoms with Crippen molar-refractivity contribution in [2.45, 2.75) is 138 Å². The smallest absolute Gasteiger partial charge is 0.434 e. The summed E-state index contributed by atoms with van der Waals surface area (Å²) in [7, 11) is -40.7. The Kier molecular flexibility index (Phi) is 32.1. The Bertz CT molecular complexity index is 5260. The zero-order chi connectivity index (χ0) is 88.8. The highest BCUT2D eigenvalue weighted by atomic mass is 31.3. The fourth-order valence-corrected chi connectivity index (χ4v) is 25.5. The topological polar surface area (TPSA) is 619 Å². The van der Waals surface area contributed by atoms with E-state index in [4.69, 9.17) is 55.1 Å². The number of carbonyl (C=O) groups excluding carboxylic acids is 4. The molecule has 8 aromatic rings. The van der Waals surface area contributed by atoms with Gasteiger partial charge in [0.05, 0.1) is 12.2 Å². The maximum absolute atomic E-state index is 12.9. The molecule has 12 rings (SSSR count). The number of ether oxygens (including phenoxy) is 5. The van der Waals surface area contributed by atoms with Gasteiger partial charge >= 0.3 is 84.8 Å². The average Bonchev–Trinajstić information content (AvgIpc) is 0.739. The number of hydrogen-bond acceptors (Lipinski definition) is 33. The standard InChI is InChI=1S/C19H23NO9P2.2C18H21NO9P2.C17H19NO10P2/c1-13(2)10-17(21)27-16-7-5-15(6-8-16)18-28-30(23,24)19(22,31(25,26)29-18)11-14-4-3-9-20-12-14;1-2-5-16(20)26-15-8-3-7-14(10-15)17-27-29(22,23)18(21,30(24,25)28-17)11-13-6-4-9-19-12-13;1-2-6-16(20)26-15-9-4-3-8-14(15)17-27-29(22,23)18(21,30(24,25)28-17)11-13-7-5-10-19-12-13;1-2-25-16(19)26-14-7-5-13(6-8-14)15-27-29(21,22)17(20,30(23,24)28-15)10-12-4-3-9-18-11-12/h3-9,12-13,18,22H,10-11H2,1-2H3,(H,23,24)(H,25,26);3-4,6-10,12,17,21H,2,5,11H2,1H3,(H,22,23)(H,24,25);3-5,7-10,12,17,21H,2,6,11H2,1H3,(H,22,23)(H,24,25);3-9,11,15,20H,2,10H2,1H3,(H,21,22)(H,23,24). The summed E-state index contributed by atoms with van der Waals surface area (Å²) in [6.07, 6.45) is 1.86. The van der Waals surface area contributed by atoms with Crippen molar-refractivity contribution in [3.63, 3.8) is 0 Å². The van der Waals surface area contributed by atoms with E-state index in [1.165, 1.54) is 195 Å². The van der Waals surface area contributed by atoms with Gasteiger partial charge < -0.3 is 83.3 Å². The van der Waals surface area contributed by atoms with E-state index in [0.29, 0.717) is 12.8 Å². The van der Waals surface area contributed by atoms with Crippen LogP contribution in [0, 0.1) is 5.92 Å². The molecule has 654 valence electrons. The van der Waals surface area contributed by atoms with Crippen LogP contribution in [0.1, 0.15) is 136 Å². The first-order valence-electron chi connectivity index (χ1n) is 36.1. The molecule has 12 N–H and O–H groups in total. The van der Waals surface area contributed by atoms with Crippen LogP contribution in [0.25, 0.3) is 0 Å². The number of pyridine rings is 4. The largest absolute Gasteiger partial charge is 0.513 e. The van der Waals surface area contributed by atoms with E-state index in [-0.39, 0.29) is 99.3 Å². The Balaban J connectivity index is 0.000000183. The summed E-state index contributed by atoms with van der Waals surface area (Å²) in [5.74, 6) is -0.974. The SMILES string of the molecule is CC(C)CC(=O)Oc1ccc(C2OP(=O)(O)C(O)(Cc3cccnc3)P(=O)(O)O2)cc1.CCCC(=O)Oc1cccc(C2OP(=O)(O)C(O)(Cc3cccnc3)P(=O)(O)O2)c1.CCCC(=O)Oc1ccccc1C1OP(=O)(O)C(O)(Cc2cccnc2)P(=O)(O)O1.CCOC(=O)Oc1ccc(C2OP(=O)(O)C(O)(Cc3cccnc3)P(=O)(O)O2)cc1. The Labute approximate surface area is 689 Å². The van der Waals surface area contributed by atoms with E-state index >= 15 is 0 Å². The van der Waals surface area contributed by atoms with Gasteiger partial charge in [-0.2, -0.15) is 0 Å². The van der Waals surface area contributed by atoms with Crippen LogP contribution in [0.2, 0.25) is 0 Å². The highest BCUT2D eigenvalue weighted by molar-refractivity contribution is 7.75. The predicted molar refractivity (Wildman–Crippen MR) is 419 cm³/mol. The van der Waals surface area contributed by atoms with Gasteiger partial charge in [0.25, 0.3) is 20.3 Å². The number of aliphatic hydroxyl groups is 4. The molecule has 49 heteroatoms. The van der Waals surface area contributed by atoms with Crippen LogP contribution in [0.3, 0.4) is 0 Å². The first-order chi connectivity index (χ1) is 56.7. The first kappa shape index (κ1) is 97.0. The van der Waals surface area contributed by atoms with Gasteiger partial charge in [-0.3, -0.25) is 107 Å². The highest BCUT2D eigenvalue weighted by Gasteiger charge is 2.71. The average molecular weight is 1850 g/mol. The molecule has 41 nitrogen and oxygen atoms in total. The highest BCUT2D eigenvalue weighted by Crippen LogP contribution is 2.83. The maximum Gasteiger partial charge on any atom is 0.513 e. The Morgan fingerprint density at radius 1 is 0.372 bits per heavy atom. The van der Waals surface area contributed by atoms with Gasteiger partial charge in [0, 0.05) is 111 Å². The molecule has 4 aliphatic heterocycles. The second-order valence-corrected chi connectivity index (χ2v) is 44.5. The molecule has 0 bridgehead atoms. The van der Waals surface area contributed by atoms with Crippen LogP contribution in [0.4, 0.5) is 4.79 Å². The van der Waals surface area contributed by atoms with Crippen LogP contribution in [0.15, 0.2) is 195 Å². The number of carbonyl (C=O) groups is 4. The van der Waals surface area contributed by atoms with Gasteiger partial charge in [-0.15, -0.1) is 0 Å². The van der Waals surface area contributed by atoms with Gasteiger partial charge in [0.15, 0.2) is 0 Å². The lowest BCUT2D eigenvalue weighted by atomic mass is 10.1. The molecule has 8 atom stereocenters. The van der Waals surface area contributed by atoms with Crippen molar-refractivity contribution >= 4 is 84.8 Å². The molecule has 0 aliphatic carbocycles. The van der Waals surface area contributed by atoms with Crippen molar-refractivity contribution in [3.8, 4) is 23.0 Å². The molecule has 121 heavy (non-hydrogen) atoms. The number of esters is 3. The van der Waals surface area contributed by atoms with Gasteiger partial charge in [-0.25, -0.2) is 4.79 Å². The minimum absolute atomic E-state index is 0.0473.